The van der Waals surface area contributed by atoms with Crippen LogP contribution in [0.15, 0.2) is 102 Å². The van der Waals surface area contributed by atoms with E-state index in [1.807, 2.05) is 25.1 Å². The summed E-state index contributed by atoms with van der Waals surface area (Å²) in [5.41, 5.74) is 8.60. The maximum Gasteiger partial charge on any atom is 0.281 e. The van der Waals surface area contributed by atoms with Crippen molar-refractivity contribution in [1.82, 2.24) is 15.2 Å². The molecule has 0 saturated carbocycles. The number of halogens is 1. The third kappa shape index (κ3) is 9.70. The number of amidine groups is 1. The van der Waals surface area contributed by atoms with Crippen molar-refractivity contribution in [2.75, 3.05) is 19.4 Å². The second-order valence-corrected chi connectivity index (χ2v) is 11.7. The average Bonchev–Trinajstić information content (AvgIpc) is 3.48. The third-order valence-electron chi connectivity index (χ3n) is 6.51. The molecule has 0 saturated heterocycles. The quantitative estimate of drug-likeness (QED) is 0.106. The van der Waals surface area contributed by atoms with Gasteiger partial charge in [0.1, 0.15) is 24.0 Å². The van der Waals surface area contributed by atoms with Crippen LogP contribution in [0, 0.1) is 5.82 Å². The Bertz CT molecular complexity index is 1900. The normalized spacial score (nSPS) is 11.7. The minimum Gasteiger partial charge on any atom is -0.387 e. The highest BCUT2D eigenvalue weighted by atomic mass is 32.1. The van der Waals surface area contributed by atoms with Crippen LogP contribution >= 0.6 is 11.3 Å². The van der Waals surface area contributed by atoms with Crippen LogP contribution in [0.3, 0.4) is 0 Å². The highest BCUT2D eigenvalue weighted by Gasteiger charge is 2.20. The molecule has 0 fully saturated rings. The maximum atomic E-state index is 12.9. The number of benzene rings is 4. The molecule has 10 nitrogen and oxygen atoms in total. The van der Waals surface area contributed by atoms with Crippen LogP contribution in [-0.2, 0) is 11.3 Å². The van der Waals surface area contributed by atoms with Crippen molar-refractivity contribution >= 4 is 57.1 Å². The molecule has 47 heavy (non-hydrogen) atoms. The molecule has 0 radical (unpaired) electrons. The number of fused-ring (bicyclic) bond motifs is 1. The van der Waals surface area contributed by atoms with Crippen LogP contribution < -0.4 is 16.4 Å². The molecule has 3 amide bonds. The minimum atomic E-state index is -0.796. The van der Waals surface area contributed by atoms with Gasteiger partial charge < -0.3 is 26.1 Å². The first-order chi connectivity index (χ1) is 22.5. The lowest BCUT2D eigenvalue weighted by Gasteiger charge is -2.11. The largest absolute Gasteiger partial charge is 0.387 e. The summed E-state index contributed by atoms with van der Waals surface area (Å²) in [7, 11) is 3.98. The minimum absolute atomic E-state index is 0.0916. The fourth-order valence-electron chi connectivity index (χ4n) is 4.40. The van der Waals surface area contributed by atoms with E-state index in [0.717, 1.165) is 23.4 Å². The highest BCUT2D eigenvalue weighted by molar-refractivity contribution is 7.20. The van der Waals surface area contributed by atoms with Crippen molar-refractivity contribution in [2.24, 2.45) is 10.7 Å². The van der Waals surface area contributed by atoms with Crippen molar-refractivity contribution in [3.8, 4) is 0 Å². The smallest absolute Gasteiger partial charge is 0.281 e. The molecule has 1 atom stereocenters. The van der Waals surface area contributed by atoms with Crippen molar-refractivity contribution in [1.29, 1.82) is 0 Å². The first-order valence-electron chi connectivity index (χ1n) is 14.4. The Morgan fingerprint density at radius 3 is 2.23 bits per heavy atom. The van der Waals surface area contributed by atoms with E-state index >= 15 is 0 Å². The van der Waals surface area contributed by atoms with Gasteiger partial charge >= 0.3 is 0 Å². The molecule has 0 aliphatic heterocycles. The summed E-state index contributed by atoms with van der Waals surface area (Å²) < 4.78 is 13.1. The molecule has 1 aromatic heterocycles. The van der Waals surface area contributed by atoms with E-state index < -0.39 is 23.8 Å². The fourth-order valence-corrected chi connectivity index (χ4v) is 5.31. The molecule has 0 aliphatic rings. The predicted molar refractivity (Wildman–Crippen MR) is 182 cm³/mol. The number of carbonyl (C=O) groups is 4. The first-order valence-corrected chi connectivity index (χ1v) is 15.2. The predicted octanol–water partition coefficient (Wildman–Crippen LogP) is 5.62. The summed E-state index contributed by atoms with van der Waals surface area (Å²) in [5, 5.41) is 5.62. The molecule has 5 aromatic rings. The molecule has 240 valence electrons. The Balaban J connectivity index is 0.000000385. The van der Waals surface area contributed by atoms with Gasteiger partial charge in [0.2, 0.25) is 0 Å². The van der Waals surface area contributed by atoms with E-state index in [1.54, 1.807) is 66.7 Å². The molecule has 4 aromatic carbocycles. The van der Waals surface area contributed by atoms with Crippen LogP contribution in [0.2, 0.25) is 0 Å². The maximum absolute atomic E-state index is 12.9. The van der Waals surface area contributed by atoms with Gasteiger partial charge in [-0.05, 0) is 74.6 Å². The molecule has 0 aliphatic carbocycles. The van der Waals surface area contributed by atoms with Crippen molar-refractivity contribution < 1.29 is 23.6 Å². The van der Waals surface area contributed by atoms with Crippen molar-refractivity contribution in [3.63, 3.8) is 0 Å². The van der Waals surface area contributed by atoms with Crippen LogP contribution in [-0.4, -0.2) is 53.8 Å². The number of rotatable bonds is 9. The molecule has 0 unspecified atom stereocenters. The van der Waals surface area contributed by atoms with Gasteiger partial charge in [-0.2, -0.15) is 4.99 Å². The zero-order valence-electron chi connectivity index (χ0n) is 25.9. The Morgan fingerprint density at radius 2 is 1.60 bits per heavy atom. The van der Waals surface area contributed by atoms with E-state index in [1.165, 1.54) is 31.2 Å². The number of carbonyl (C=O) groups excluding carboxylic acids is 4. The van der Waals surface area contributed by atoms with Gasteiger partial charge in [0, 0.05) is 12.2 Å². The highest BCUT2D eigenvalue weighted by Crippen LogP contribution is 2.26. The number of amides is 3. The van der Waals surface area contributed by atoms with Gasteiger partial charge in [-0.25, -0.2) is 9.37 Å². The van der Waals surface area contributed by atoms with Crippen molar-refractivity contribution in [2.45, 2.75) is 19.5 Å². The summed E-state index contributed by atoms with van der Waals surface area (Å²) in [5.74, 6) is -1.67. The Morgan fingerprint density at radius 1 is 0.936 bits per heavy atom. The van der Waals surface area contributed by atoms with Crippen LogP contribution in [0.25, 0.3) is 10.2 Å². The van der Waals surface area contributed by atoms with Gasteiger partial charge in [-0.3, -0.25) is 14.4 Å². The average molecular weight is 653 g/mol. The van der Waals surface area contributed by atoms with E-state index in [4.69, 9.17) is 5.73 Å². The Labute approximate surface area is 275 Å². The zero-order valence-corrected chi connectivity index (χ0v) is 26.8. The Kier molecular flexibility index (Phi) is 11.8. The lowest BCUT2D eigenvalue weighted by molar-refractivity contribution is -0.109. The molecular formula is C35H33FN6O4S. The summed E-state index contributed by atoms with van der Waals surface area (Å²) in [6.45, 7) is 2.35. The van der Waals surface area contributed by atoms with Gasteiger partial charge in [-0.1, -0.05) is 54.6 Å². The molecule has 12 heteroatoms. The summed E-state index contributed by atoms with van der Waals surface area (Å²) in [6, 6.07) is 26.0. The second kappa shape index (κ2) is 16.1. The second-order valence-electron chi connectivity index (χ2n) is 10.6. The molecular weight excluding hydrogens is 619 g/mol. The van der Waals surface area contributed by atoms with Crippen molar-refractivity contribution in [3.05, 3.63) is 130 Å². The number of anilines is 1. The van der Waals surface area contributed by atoms with E-state index in [0.29, 0.717) is 27.8 Å². The topological polar surface area (TPSA) is 147 Å². The summed E-state index contributed by atoms with van der Waals surface area (Å²) in [6.07, 6.45) is 0.664. The fraction of sp³-hybridized carbons (Fsp3) is 0.143. The number of nitrogens with zero attached hydrogens (tertiary/aromatic N) is 3. The van der Waals surface area contributed by atoms with E-state index in [9.17, 15) is 23.6 Å². The lowest BCUT2D eigenvalue weighted by Crippen LogP contribution is -2.29. The SMILES string of the molecule is CC(N)=NC(=O)c1ccccc1C(=O)Nc1ccc2nc(C(=O)N[C@H](C=O)c3ccccc3)sc2c1.CN(C)Cc1ccc(F)cc1. The number of aromatic nitrogens is 1. The van der Waals surface area contributed by atoms with Gasteiger partial charge in [0.05, 0.1) is 21.3 Å². The number of nitrogens with two attached hydrogens (primary N) is 1. The Hall–Kier alpha value is -5.59. The van der Waals surface area contributed by atoms with Crippen LogP contribution in [0.5, 0.6) is 0 Å². The van der Waals surface area contributed by atoms with Gasteiger partial charge in [-0.15, -0.1) is 11.3 Å². The van der Waals surface area contributed by atoms with E-state index in [-0.39, 0.29) is 27.8 Å². The molecule has 0 spiro atoms. The standard InChI is InChI=1S/C26H21N5O4S.C9H12FN/c1-15(27)28-23(33)18-9-5-6-10-19(18)24(34)29-17-11-12-20-22(13-17)36-26(31-20)25(35)30-21(14-32)16-7-3-2-4-8-16;1-11(2)7-8-3-5-9(10)6-4-8/h2-14,21H,1H3,(H,29,34)(H,30,35)(H2,27,28,33);3-6H,7H2,1-2H3/t21-;/m1./s1. The summed E-state index contributed by atoms with van der Waals surface area (Å²) in [4.78, 5) is 59.6. The monoisotopic (exact) mass is 652 g/mol. The molecule has 0 bridgehead atoms. The number of hydrogen-bond acceptors (Lipinski definition) is 7. The molecule has 1 heterocycles. The van der Waals surface area contributed by atoms with Gasteiger partial charge in [0.15, 0.2) is 5.01 Å². The van der Waals surface area contributed by atoms with Crippen LogP contribution in [0.1, 0.15) is 54.6 Å². The zero-order chi connectivity index (χ0) is 33.9. The summed E-state index contributed by atoms with van der Waals surface area (Å²) >= 11 is 1.13. The molecule has 4 N–H and O–H groups in total. The third-order valence-corrected chi connectivity index (χ3v) is 7.53. The number of nitrogens with one attached hydrogen (secondary N) is 2. The van der Waals surface area contributed by atoms with E-state index in [2.05, 4.69) is 20.6 Å². The lowest BCUT2D eigenvalue weighted by atomic mass is 10.1. The first kappa shape index (κ1) is 34.3. The number of aldehydes is 1. The van der Waals surface area contributed by atoms with Crippen LogP contribution in [0.4, 0.5) is 10.1 Å². The number of hydrogen-bond donors (Lipinski definition) is 3. The number of aliphatic imine (C=N–C) groups is 1. The number of thiazole rings is 1. The molecule has 5 rings (SSSR count). The van der Waals surface area contributed by atoms with Gasteiger partial charge in [0.25, 0.3) is 17.7 Å².